The van der Waals surface area contributed by atoms with Crippen LogP contribution in [0.25, 0.3) is 10.9 Å². The van der Waals surface area contributed by atoms with Gasteiger partial charge in [0.25, 0.3) is 5.56 Å². The number of ether oxygens (including phenoxy) is 1. The van der Waals surface area contributed by atoms with Crippen molar-refractivity contribution in [2.75, 3.05) is 19.7 Å². The van der Waals surface area contributed by atoms with Gasteiger partial charge in [-0.05, 0) is 54.5 Å². The van der Waals surface area contributed by atoms with Crippen molar-refractivity contribution in [3.8, 4) is 5.75 Å². The van der Waals surface area contributed by atoms with Crippen molar-refractivity contribution < 1.29 is 9.64 Å². The summed E-state index contributed by atoms with van der Waals surface area (Å²) in [6.45, 7) is 4.63. The fourth-order valence-electron chi connectivity index (χ4n) is 5.13. The predicted molar refractivity (Wildman–Crippen MR) is 113 cm³/mol. The highest BCUT2D eigenvalue weighted by molar-refractivity contribution is 5.80. The second-order valence-corrected chi connectivity index (χ2v) is 8.45. The van der Waals surface area contributed by atoms with Gasteiger partial charge in [0.05, 0.1) is 31.3 Å². The van der Waals surface area contributed by atoms with Crippen LogP contribution < -0.4 is 15.2 Å². The number of likely N-dealkylation sites (tertiary alicyclic amines) is 1. The van der Waals surface area contributed by atoms with E-state index in [1.54, 1.807) is 0 Å². The molecule has 0 bridgehead atoms. The number of aromatic amines is 1. The Labute approximate surface area is 175 Å². The van der Waals surface area contributed by atoms with E-state index in [1.165, 1.54) is 17.7 Å². The Morgan fingerprint density at radius 2 is 2.00 bits per heavy atom. The third-order valence-electron chi connectivity index (χ3n) is 6.57. The van der Waals surface area contributed by atoms with E-state index in [9.17, 15) is 4.79 Å². The Balaban J connectivity index is 1.63. The van der Waals surface area contributed by atoms with Crippen molar-refractivity contribution in [2.24, 2.45) is 0 Å². The molecule has 2 fully saturated rings. The summed E-state index contributed by atoms with van der Waals surface area (Å²) in [5.74, 6) is 1.63. The first-order valence-electron chi connectivity index (χ1n) is 11.2. The van der Waals surface area contributed by atoms with E-state index >= 15 is 0 Å². The van der Waals surface area contributed by atoms with Crippen LogP contribution in [0.3, 0.4) is 0 Å². The van der Waals surface area contributed by atoms with Crippen LogP contribution in [0.2, 0.25) is 0 Å². The van der Waals surface area contributed by atoms with E-state index < -0.39 is 0 Å². The maximum atomic E-state index is 13.2. The molecule has 0 unspecified atom stereocenters. The fourth-order valence-corrected chi connectivity index (χ4v) is 5.13. The van der Waals surface area contributed by atoms with E-state index in [2.05, 4.69) is 20.5 Å². The van der Waals surface area contributed by atoms with Crippen LogP contribution in [0.15, 0.2) is 29.1 Å². The first-order valence-corrected chi connectivity index (χ1v) is 11.2. The summed E-state index contributed by atoms with van der Waals surface area (Å²) in [4.78, 5) is 17.6. The van der Waals surface area contributed by atoms with Gasteiger partial charge in [-0.2, -0.15) is 0 Å². The Morgan fingerprint density at radius 1 is 1.20 bits per heavy atom. The van der Waals surface area contributed by atoms with Crippen LogP contribution in [0.1, 0.15) is 68.9 Å². The number of pyridine rings is 1. The number of nitrogens with one attached hydrogen (secondary N) is 2. The van der Waals surface area contributed by atoms with E-state index in [1.807, 2.05) is 35.9 Å². The topological polar surface area (TPSA) is 90.1 Å². The monoisotopic (exact) mass is 409 g/mol. The number of fused-ring (bicyclic) bond motifs is 1. The smallest absolute Gasteiger partial charge is 0.258 e. The van der Waals surface area contributed by atoms with Crippen LogP contribution in [0.4, 0.5) is 0 Å². The molecule has 0 amide bonds. The van der Waals surface area contributed by atoms with Crippen molar-refractivity contribution in [2.45, 2.75) is 57.5 Å². The Bertz CT molecular complexity index is 1080. The first-order chi connectivity index (χ1) is 14.7. The quantitative estimate of drug-likeness (QED) is 0.648. The Morgan fingerprint density at radius 3 is 2.77 bits per heavy atom. The second-order valence-electron chi connectivity index (χ2n) is 8.45. The molecular formula is C22H29N6O2+. The molecule has 3 heterocycles. The first kappa shape index (κ1) is 19.2. The largest absolute Gasteiger partial charge is 0.494 e. The maximum absolute atomic E-state index is 13.2. The average molecular weight is 410 g/mol. The molecule has 1 atom stereocenters. The molecule has 2 aliphatic rings. The molecule has 1 saturated heterocycles. The average Bonchev–Trinajstić information content (AvgIpc) is 3.52. The Kier molecular flexibility index (Phi) is 5.25. The highest BCUT2D eigenvalue weighted by atomic mass is 16.5. The number of benzene rings is 1. The van der Waals surface area contributed by atoms with Gasteiger partial charge in [0.15, 0.2) is 6.04 Å². The summed E-state index contributed by atoms with van der Waals surface area (Å²) >= 11 is 0. The zero-order chi connectivity index (χ0) is 20.5. The van der Waals surface area contributed by atoms with Crippen molar-refractivity contribution in [1.29, 1.82) is 0 Å². The van der Waals surface area contributed by atoms with Crippen LogP contribution in [0, 0.1) is 0 Å². The van der Waals surface area contributed by atoms with Gasteiger partial charge in [0.2, 0.25) is 5.82 Å². The van der Waals surface area contributed by atoms with Gasteiger partial charge in [0.1, 0.15) is 5.75 Å². The SMILES string of the molecule is CCOc1ccc2[nH]c(=O)c([C@H](c3nnnn3C3CCCC3)[NH+]3CCCC3)cc2c1. The van der Waals surface area contributed by atoms with E-state index in [0.717, 1.165) is 66.8 Å². The fraction of sp³-hybridized carbons (Fsp3) is 0.545. The minimum absolute atomic E-state index is 0.0583. The third-order valence-corrected chi connectivity index (χ3v) is 6.57. The standard InChI is InChI=1S/C22H28N6O2/c1-2-30-17-9-10-19-15(13-17)14-18(22(29)23-19)20(27-11-5-6-12-27)21-24-25-26-28(21)16-7-3-4-8-16/h9-10,13-14,16,20H,2-8,11-12H2,1H3,(H,23,29)/p+1/t20-/m1/s1. The molecule has 1 aliphatic heterocycles. The molecule has 30 heavy (non-hydrogen) atoms. The van der Waals surface area contributed by atoms with Gasteiger partial charge in [-0.1, -0.05) is 12.8 Å². The zero-order valence-electron chi connectivity index (χ0n) is 17.4. The zero-order valence-corrected chi connectivity index (χ0v) is 17.4. The van der Waals surface area contributed by atoms with Gasteiger partial charge in [0, 0.05) is 23.7 Å². The van der Waals surface area contributed by atoms with Crippen LogP contribution >= 0.6 is 0 Å². The number of hydrogen-bond donors (Lipinski definition) is 2. The lowest BCUT2D eigenvalue weighted by Crippen LogP contribution is -3.10. The van der Waals surface area contributed by atoms with E-state index in [4.69, 9.17) is 4.74 Å². The number of quaternary nitrogens is 1. The molecule has 1 aromatic carbocycles. The van der Waals surface area contributed by atoms with Gasteiger partial charge >= 0.3 is 0 Å². The number of tetrazole rings is 1. The maximum Gasteiger partial charge on any atom is 0.258 e. The molecule has 8 nitrogen and oxygen atoms in total. The number of rotatable bonds is 6. The van der Waals surface area contributed by atoms with Gasteiger partial charge in [-0.25, -0.2) is 4.68 Å². The summed E-state index contributed by atoms with van der Waals surface area (Å²) in [5, 5.41) is 13.8. The molecule has 8 heteroatoms. The minimum Gasteiger partial charge on any atom is -0.494 e. The summed E-state index contributed by atoms with van der Waals surface area (Å²) in [6, 6.07) is 7.99. The molecule has 0 radical (unpaired) electrons. The third kappa shape index (κ3) is 3.49. The summed E-state index contributed by atoms with van der Waals surface area (Å²) in [7, 11) is 0. The lowest BCUT2D eigenvalue weighted by Gasteiger charge is -2.25. The molecule has 1 saturated carbocycles. The molecule has 1 aliphatic carbocycles. The highest BCUT2D eigenvalue weighted by Crippen LogP contribution is 2.31. The van der Waals surface area contributed by atoms with Crippen molar-refractivity contribution in [3.63, 3.8) is 0 Å². The molecule has 2 aromatic heterocycles. The van der Waals surface area contributed by atoms with Gasteiger partial charge in [-0.3, -0.25) is 4.79 Å². The predicted octanol–water partition coefficient (Wildman–Crippen LogP) is 1.80. The molecular weight excluding hydrogens is 380 g/mol. The molecule has 158 valence electrons. The summed E-state index contributed by atoms with van der Waals surface area (Å²) in [6.07, 6.45) is 6.95. The van der Waals surface area contributed by atoms with Crippen LogP contribution in [-0.2, 0) is 0 Å². The molecule has 3 aromatic rings. The van der Waals surface area contributed by atoms with Crippen molar-refractivity contribution in [1.82, 2.24) is 25.2 Å². The lowest BCUT2D eigenvalue weighted by molar-refractivity contribution is -0.914. The van der Waals surface area contributed by atoms with Crippen molar-refractivity contribution in [3.05, 3.63) is 46.0 Å². The number of hydrogen-bond acceptors (Lipinski definition) is 5. The second kappa shape index (κ2) is 8.18. The summed E-state index contributed by atoms with van der Waals surface area (Å²) in [5.41, 5.74) is 1.50. The lowest BCUT2D eigenvalue weighted by atomic mass is 10.0. The van der Waals surface area contributed by atoms with Gasteiger partial charge < -0.3 is 14.6 Å². The molecule has 2 N–H and O–H groups in total. The van der Waals surface area contributed by atoms with E-state index in [-0.39, 0.29) is 11.6 Å². The Hall–Kier alpha value is -2.74. The minimum atomic E-state index is -0.160. The van der Waals surface area contributed by atoms with Crippen LogP contribution in [-0.4, -0.2) is 44.9 Å². The van der Waals surface area contributed by atoms with E-state index in [0.29, 0.717) is 12.6 Å². The molecule has 0 spiro atoms. The molecule has 5 rings (SSSR count). The number of H-pyrrole nitrogens is 1. The number of aromatic nitrogens is 5. The number of nitrogens with zero attached hydrogens (tertiary/aromatic N) is 4. The van der Waals surface area contributed by atoms with Crippen molar-refractivity contribution >= 4 is 10.9 Å². The van der Waals surface area contributed by atoms with Crippen LogP contribution in [0.5, 0.6) is 5.75 Å². The highest BCUT2D eigenvalue weighted by Gasteiger charge is 2.37. The van der Waals surface area contributed by atoms with Gasteiger partial charge in [-0.15, -0.1) is 5.10 Å². The normalized spacial score (nSPS) is 19.0. The summed E-state index contributed by atoms with van der Waals surface area (Å²) < 4.78 is 7.67.